The lowest BCUT2D eigenvalue weighted by atomic mass is 9.87. The SMILES string of the molecule is CC(C)(C)CC(CC(=O)O)NC(=O)c1ccc(Cl)cc1Br. The van der Waals surface area contributed by atoms with Crippen LogP contribution in [-0.2, 0) is 4.79 Å². The molecular formula is C15H19BrClNO3. The summed E-state index contributed by atoms with van der Waals surface area (Å²) in [6, 6.07) is 4.44. The van der Waals surface area contributed by atoms with Gasteiger partial charge in [0.25, 0.3) is 5.91 Å². The number of aliphatic carboxylic acids is 1. The van der Waals surface area contributed by atoms with E-state index in [-0.39, 0.29) is 17.7 Å². The maximum Gasteiger partial charge on any atom is 0.305 e. The van der Waals surface area contributed by atoms with Gasteiger partial charge in [-0.15, -0.1) is 0 Å². The van der Waals surface area contributed by atoms with Gasteiger partial charge >= 0.3 is 5.97 Å². The van der Waals surface area contributed by atoms with Crippen molar-refractivity contribution in [2.24, 2.45) is 5.41 Å². The Bertz CT molecular complexity index is 540. The average Bonchev–Trinajstić information content (AvgIpc) is 2.24. The number of benzene rings is 1. The number of amides is 1. The third-order valence-electron chi connectivity index (χ3n) is 2.79. The number of carboxylic acids is 1. The lowest BCUT2D eigenvalue weighted by molar-refractivity contribution is -0.137. The van der Waals surface area contributed by atoms with E-state index in [1.54, 1.807) is 18.2 Å². The lowest BCUT2D eigenvalue weighted by Crippen LogP contribution is -2.39. The number of carbonyl (C=O) groups is 2. The second-order valence-corrected chi connectivity index (χ2v) is 7.45. The third kappa shape index (κ3) is 6.48. The molecule has 0 saturated carbocycles. The van der Waals surface area contributed by atoms with Crippen LogP contribution in [0.1, 0.15) is 44.0 Å². The molecule has 116 valence electrons. The summed E-state index contributed by atoms with van der Waals surface area (Å²) in [4.78, 5) is 23.2. The Balaban J connectivity index is 2.86. The molecule has 1 aromatic rings. The Morgan fingerprint density at radius 3 is 2.48 bits per heavy atom. The summed E-state index contributed by atoms with van der Waals surface area (Å²) in [5, 5.41) is 12.3. The van der Waals surface area contributed by atoms with Crippen LogP contribution in [0.5, 0.6) is 0 Å². The molecule has 0 heterocycles. The van der Waals surface area contributed by atoms with Gasteiger partial charge in [-0.05, 0) is 46.0 Å². The summed E-state index contributed by atoms with van der Waals surface area (Å²) in [5.74, 6) is -1.24. The van der Waals surface area contributed by atoms with E-state index in [9.17, 15) is 9.59 Å². The van der Waals surface area contributed by atoms with Crippen molar-refractivity contribution in [1.82, 2.24) is 5.32 Å². The molecule has 0 aromatic heterocycles. The van der Waals surface area contributed by atoms with E-state index in [0.717, 1.165) is 0 Å². The number of hydrogen-bond acceptors (Lipinski definition) is 2. The van der Waals surface area contributed by atoms with Gasteiger partial charge in [0.2, 0.25) is 0 Å². The van der Waals surface area contributed by atoms with E-state index in [2.05, 4.69) is 21.2 Å². The first-order valence-electron chi connectivity index (χ1n) is 6.56. The quantitative estimate of drug-likeness (QED) is 0.812. The molecule has 2 N–H and O–H groups in total. The summed E-state index contributed by atoms with van der Waals surface area (Å²) in [6.45, 7) is 6.02. The second kappa shape index (κ2) is 7.27. The molecule has 0 bridgehead atoms. The van der Waals surface area contributed by atoms with Crippen molar-refractivity contribution in [3.63, 3.8) is 0 Å². The van der Waals surface area contributed by atoms with Crippen molar-refractivity contribution in [2.45, 2.75) is 39.7 Å². The van der Waals surface area contributed by atoms with E-state index in [1.165, 1.54) is 0 Å². The van der Waals surface area contributed by atoms with E-state index in [0.29, 0.717) is 21.5 Å². The van der Waals surface area contributed by atoms with Crippen LogP contribution in [0.15, 0.2) is 22.7 Å². The minimum atomic E-state index is -0.931. The predicted octanol–water partition coefficient (Wildman–Crippen LogP) is 4.11. The molecular weight excluding hydrogens is 358 g/mol. The van der Waals surface area contributed by atoms with Crippen LogP contribution in [0.3, 0.4) is 0 Å². The second-order valence-electron chi connectivity index (χ2n) is 6.16. The van der Waals surface area contributed by atoms with Crippen molar-refractivity contribution in [2.75, 3.05) is 0 Å². The lowest BCUT2D eigenvalue weighted by Gasteiger charge is -2.26. The molecule has 0 radical (unpaired) electrons. The number of carbonyl (C=O) groups excluding carboxylic acids is 1. The van der Waals surface area contributed by atoms with Crippen LogP contribution in [0.4, 0.5) is 0 Å². The molecule has 0 fully saturated rings. The summed E-state index contributed by atoms with van der Waals surface area (Å²) in [6.07, 6.45) is 0.477. The van der Waals surface area contributed by atoms with Gasteiger partial charge in [-0.3, -0.25) is 9.59 Å². The first kappa shape index (κ1) is 18.0. The fourth-order valence-corrected chi connectivity index (χ4v) is 2.92. The Labute approximate surface area is 138 Å². The van der Waals surface area contributed by atoms with Gasteiger partial charge in [0.1, 0.15) is 0 Å². The Morgan fingerprint density at radius 1 is 1.38 bits per heavy atom. The van der Waals surface area contributed by atoms with Gasteiger partial charge in [0.05, 0.1) is 12.0 Å². The number of carboxylic acid groups (broad SMARTS) is 1. The van der Waals surface area contributed by atoms with Crippen molar-refractivity contribution in [1.29, 1.82) is 0 Å². The van der Waals surface area contributed by atoms with E-state index < -0.39 is 12.0 Å². The molecule has 1 aromatic carbocycles. The fourth-order valence-electron chi connectivity index (χ4n) is 2.06. The molecule has 0 aliphatic carbocycles. The predicted molar refractivity (Wildman–Crippen MR) is 86.7 cm³/mol. The summed E-state index contributed by atoms with van der Waals surface area (Å²) in [7, 11) is 0. The smallest absolute Gasteiger partial charge is 0.305 e. The number of rotatable bonds is 5. The Kier molecular flexibility index (Phi) is 6.23. The van der Waals surface area contributed by atoms with E-state index in [4.69, 9.17) is 16.7 Å². The minimum absolute atomic E-state index is 0.0787. The molecule has 0 saturated heterocycles. The van der Waals surface area contributed by atoms with Crippen molar-refractivity contribution in [3.8, 4) is 0 Å². The van der Waals surface area contributed by atoms with Crippen LogP contribution in [0.25, 0.3) is 0 Å². The standard InChI is InChI=1S/C15H19BrClNO3/c1-15(2,3)8-10(7-13(19)20)18-14(21)11-5-4-9(17)6-12(11)16/h4-6,10H,7-8H2,1-3H3,(H,18,21)(H,19,20). The summed E-state index contributed by atoms with van der Waals surface area (Å²) >= 11 is 9.13. The number of halogens is 2. The largest absolute Gasteiger partial charge is 0.481 e. The molecule has 1 rings (SSSR count). The van der Waals surface area contributed by atoms with Crippen molar-refractivity contribution in [3.05, 3.63) is 33.3 Å². The van der Waals surface area contributed by atoms with Crippen molar-refractivity contribution >= 4 is 39.4 Å². The van der Waals surface area contributed by atoms with Crippen LogP contribution in [-0.4, -0.2) is 23.0 Å². The van der Waals surface area contributed by atoms with Crippen LogP contribution in [0, 0.1) is 5.41 Å². The highest BCUT2D eigenvalue weighted by atomic mass is 79.9. The first-order valence-corrected chi connectivity index (χ1v) is 7.73. The molecule has 1 atom stereocenters. The zero-order chi connectivity index (χ0) is 16.2. The monoisotopic (exact) mass is 375 g/mol. The molecule has 0 aliphatic rings. The molecule has 6 heteroatoms. The van der Waals surface area contributed by atoms with E-state index >= 15 is 0 Å². The van der Waals surface area contributed by atoms with Gasteiger partial charge in [0.15, 0.2) is 0 Å². The van der Waals surface area contributed by atoms with Crippen LogP contribution >= 0.6 is 27.5 Å². The molecule has 0 spiro atoms. The Hall–Kier alpha value is -1.07. The van der Waals surface area contributed by atoms with Gasteiger partial charge in [-0.1, -0.05) is 32.4 Å². The maximum absolute atomic E-state index is 12.3. The first-order chi connectivity index (χ1) is 9.58. The normalized spacial score (nSPS) is 12.8. The van der Waals surface area contributed by atoms with Gasteiger partial charge in [-0.2, -0.15) is 0 Å². The van der Waals surface area contributed by atoms with Gasteiger partial charge < -0.3 is 10.4 Å². The summed E-state index contributed by atoms with van der Waals surface area (Å²) in [5.41, 5.74) is 0.355. The highest BCUT2D eigenvalue weighted by molar-refractivity contribution is 9.10. The highest BCUT2D eigenvalue weighted by Gasteiger charge is 2.23. The minimum Gasteiger partial charge on any atom is -0.481 e. The highest BCUT2D eigenvalue weighted by Crippen LogP contribution is 2.24. The van der Waals surface area contributed by atoms with Crippen LogP contribution in [0.2, 0.25) is 5.02 Å². The van der Waals surface area contributed by atoms with Gasteiger partial charge in [0, 0.05) is 15.5 Å². The molecule has 1 amide bonds. The molecule has 21 heavy (non-hydrogen) atoms. The molecule has 4 nitrogen and oxygen atoms in total. The van der Waals surface area contributed by atoms with E-state index in [1.807, 2.05) is 20.8 Å². The zero-order valence-corrected chi connectivity index (χ0v) is 14.6. The zero-order valence-electron chi connectivity index (χ0n) is 12.2. The maximum atomic E-state index is 12.3. The summed E-state index contributed by atoms with van der Waals surface area (Å²) < 4.78 is 0.581. The average molecular weight is 377 g/mol. The van der Waals surface area contributed by atoms with Gasteiger partial charge in [-0.25, -0.2) is 0 Å². The molecule has 1 unspecified atom stereocenters. The third-order valence-corrected chi connectivity index (χ3v) is 3.68. The topological polar surface area (TPSA) is 66.4 Å². The number of nitrogens with one attached hydrogen (secondary N) is 1. The van der Waals surface area contributed by atoms with Crippen LogP contribution < -0.4 is 5.32 Å². The Morgan fingerprint density at radius 2 is 2.00 bits per heavy atom. The van der Waals surface area contributed by atoms with Crippen molar-refractivity contribution < 1.29 is 14.7 Å². The molecule has 0 aliphatic heterocycles. The number of hydrogen-bond donors (Lipinski definition) is 2. The fraction of sp³-hybridized carbons (Fsp3) is 0.467.